The minimum Gasteiger partial charge on any atom is -0.477 e. The van der Waals surface area contributed by atoms with E-state index < -0.39 is 11.4 Å². The van der Waals surface area contributed by atoms with Crippen LogP contribution in [0.25, 0.3) is 11.2 Å². The van der Waals surface area contributed by atoms with Crippen molar-refractivity contribution in [2.75, 3.05) is 0 Å². The van der Waals surface area contributed by atoms with E-state index in [0.717, 1.165) is 0 Å². The number of aryl methyl sites for hydroxylation is 1. The van der Waals surface area contributed by atoms with E-state index in [0.29, 0.717) is 12.1 Å². The van der Waals surface area contributed by atoms with E-state index in [-0.39, 0.29) is 21.9 Å². The molecule has 88 valence electrons. The smallest absolute Gasteiger partial charge is 0.341 e. The second kappa shape index (κ2) is 4.14. The molecule has 0 aliphatic heterocycles. The zero-order valence-corrected chi connectivity index (χ0v) is 9.58. The van der Waals surface area contributed by atoms with E-state index in [9.17, 15) is 9.59 Å². The topological polar surface area (TPSA) is 95.9 Å². The predicted octanol–water partition coefficient (Wildman–Crippen LogP) is 1.23. The van der Waals surface area contributed by atoms with Gasteiger partial charge in [0.15, 0.2) is 11.2 Å². The maximum atomic E-state index is 11.9. The Balaban J connectivity index is 2.93. The first-order chi connectivity index (χ1) is 8.04. The monoisotopic (exact) mass is 253 g/mol. The average molecular weight is 254 g/mol. The summed E-state index contributed by atoms with van der Waals surface area (Å²) in [5.74, 6) is -1.28. The van der Waals surface area contributed by atoms with Gasteiger partial charge in [0.25, 0.3) is 0 Å². The number of hydrogen-bond donors (Lipinski definition) is 2. The molecule has 0 bridgehead atoms. The van der Waals surface area contributed by atoms with Crippen LogP contribution in [0.3, 0.4) is 0 Å². The Morgan fingerprint density at radius 2 is 2.29 bits per heavy atom. The van der Waals surface area contributed by atoms with E-state index in [2.05, 4.69) is 15.0 Å². The maximum absolute atomic E-state index is 11.9. The lowest BCUT2D eigenvalue weighted by atomic mass is 10.1. The standard InChI is InChI=1S/C10H8ClN3O3/c1-2-4-6(10(16)17)8(15)7-9(13-4)14-5(11)3-12-7/h3H,2H2,1H3,(H,16,17)(H,13,14,15). The van der Waals surface area contributed by atoms with Crippen LogP contribution in [-0.4, -0.2) is 26.0 Å². The molecule has 0 radical (unpaired) electrons. The summed E-state index contributed by atoms with van der Waals surface area (Å²) in [7, 11) is 0. The number of aromatic amines is 1. The molecule has 2 aromatic rings. The Hall–Kier alpha value is -1.95. The highest BCUT2D eigenvalue weighted by molar-refractivity contribution is 6.29. The first-order valence-electron chi connectivity index (χ1n) is 4.85. The van der Waals surface area contributed by atoms with Gasteiger partial charge in [-0.3, -0.25) is 4.79 Å². The van der Waals surface area contributed by atoms with Gasteiger partial charge in [-0.15, -0.1) is 0 Å². The van der Waals surface area contributed by atoms with Gasteiger partial charge < -0.3 is 10.1 Å². The molecule has 2 rings (SSSR count). The van der Waals surface area contributed by atoms with Gasteiger partial charge in [0.2, 0.25) is 5.43 Å². The summed E-state index contributed by atoms with van der Waals surface area (Å²) in [6.07, 6.45) is 1.58. The number of halogens is 1. The molecule has 0 aliphatic carbocycles. The van der Waals surface area contributed by atoms with Crippen LogP contribution in [0.2, 0.25) is 5.15 Å². The quantitative estimate of drug-likeness (QED) is 0.839. The van der Waals surface area contributed by atoms with Crippen molar-refractivity contribution in [3.63, 3.8) is 0 Å². The summed E-state index contributed by atoms with van der Waals surface area (Å²) >= 11 is 5.66. The Bertz CT molecular complexity index is 666. The van der Waals surface area contributed by atoms with Gasteiger partial charge in [-0.05, 0) is 6.42 Å². The van der Waals surface area contributed by atoms with Crippen LogP contribution in [0.1, 0.15) is 23.0 Å². The fourth-order valence-electron chi connectivity index (χ4n) is 1.57. The molecule has 0 saturated heterocycles. The number of carboxylic acid groups (broad SMARTS) is 1. The number of nitrogens with zero attached hydrogens (tertiary/aromatic N) is 2. The number of aromatic carboxylic acids is 1. The van der Waals surface area contributed by atoms with Crippen molar-refractivity contribution in [1.29, 1.82) is 0 Å². The molecule has 2 heterocycles. The lowest BCUT2D eigenvalue weighted by molar-refractivity contribution is 0.0694. The number of nitrogens with one attached hydrogen (secondary N) is 1. The molecule has 17 heavy (non-hydrogen) atoms. The summed E-state index contributed by atoms with van der Waals surface area (Å²) in [6, 6.07) is 0. The van der Waals surface area contributed by atoms with Crippen molar-refractivity contribution in [3.8, 4) is 0 Å². The molecule has 0 amide bonds. The summed E-state index contributed by atoms with van der Waals surface area (Å²) in [6.45, 7) is 1.74. The third kappa shape index (κ3) is 1.87. The molecule has 0 saturated carbocycles. The van der Waals surface area contributed by atoms with Crippen molar-refractivity contribution >= 4 is 28.7 Å². The fourth-order valence-corrected chi connectivity index (χ4v) is 1.71. The Morgan fingerprint density at radius 3 is 2.88 bits per heavy atom. The Morgan fingerprint density at radius 1 is 1.59 bits per heavy atom. The second-order valence-electron chi connectivity index (χ2n) is 3.36. The molecule has 0 aromatic carbocycles. The van der Waals surface area contributed by atoms with Crippen LogP contribution in [-0.2, 0) is 6.42 Å². The minimum absolute atomic E-state index is 0.0241. The molecule has 7 heteroatoms. The largest absolute Gasteiger partial charge is 0.477 e. The van der Waals surface area contributed by atoms with Crippen molar-refractivity contribution < 1.29 is 9.90 Å². The molecule has 0 atom stereocenters. The summed E-state index contributed by atoms with van der Waals surface area (Å²) < 4.78 is 0. The number of hydrogen-bond acceptors (Lipinski definition) is 4. The molecule has 2 aromatic heterocycles. The molecule has 0 fully saturated rings. The number of rotatable bonds is 2. The van der Waals surface area contributed by atoms with Crippen LogP contribution in [0.15, 0.2) is 11.0 Å². The number of H-pyrrole nitrogens is 1. The average Bonchev–Trinajstić information content (AvgIpc) is 2.27. The van der Waals surface area contributed by atoms with Gasteiger partial charge in [-0.2, -0.15) is 0 Å². The highest BCUT2D eigenvalue weighted by atomic mass is 35.5. The molecule has 0 unspecified atom stereocenters. The lowest BCUT2D eigenvalue weighted by Crippen LogP contribution is -2.20. The molecule has 2 N–H and O–H groups in total. The fraction of sp³-hybridized carbons (Fsp3) is 0.200. The van der Waals surface area contributed by atoms with Crippen LogP contribution in [0.5, 0.6) is 0 Å². The summed E-state index contributed by atoms with van der Waals surface area (Å²) in [4.78, 5) is 33.4. The number of fused-ring (bicyclic) bond motifs is 1. The van der Waals surface area contributed by atoms with Crippen LogP contribution < -0.4 is 5.43 Å². The summed E-state index contributed by atoms with van der Waals surface area (Å²) in [5.41, 5.74) is -0.455. The van der Waals surface area contributed by atoms with E-state index in [1.54, 1.807) is 6.92 Å². The van der Waals surface area contributed by atoms with Crippen molar-refractivity contribution in [2.45, 2.75) is 13.3 Å². The highest BCUT2D eigenvalue weighted by Crippen LogP contribution is 2.11. The highest BCUT2D eigenvalue weighted by Gasteiger charge is 2.18. The SMILES string of the molecule is CCc1[nH]c2nc(Cl)cnc2c(=O)c1C(=O)O. The Kier molecular flexibility index (Phi) is 2.81. The first-order valence-corrected chi connectivity index (χ1v) is 5.23. The lowest BCUT2D eigenvalue weighted by Gasteiger charge is -2.05. The van der Waals surface area contributed by atoms with Crippen molar-refractivity contribution in [3.05, 3.63) is 32.8 Å². The van der Waals surface area contributed by atoms with Gasteiger partial charge in [0, 0.05) is 5.69 Å². The first kappa shape index (κ1) is 11.5. The number of carboxylic acids is 1. The molecule has 0 spiro atoms. The number of aromatic nitrogens is 3. The van der Waals surface area contributed by atoms with Gasteiger partial charge in [0.05, 0.1) is 6.20 Å². The Labute approximate surface area is 100 Å². The van der Waals surface area contributed by atoms with Crippen LogP contribution >= 0.6 is 11.6 Å². The van der Waals surface area contributed by atoms with Crippen LogP contribution in [0, 0.1) is 0 Å². The van der Waals surface area contributed by atoms with Crippen molar-refractivity contribution in [2.24, 2.45) is 0 Å². The van der Waals surface area contributed by atoms with Gasteiger partial charge >= 0.3 is 5.97 Å². The second-order valence-corrected chi connectivity index (χ2v) is 3.74. The molecule has 6 nitrogen and oxygen atoms in total. The molecular weight excluding hydrogens is 246 g/mol. The number of pyridine rings is 1. The third-order valence-corrected chi connectivity index (χ3v) is 2.51. The normalized spacial score (nSPS) is 10.7. The number of carbonyl (C=O) groups is 1. The predicted molar refractivity (Wildman–Crippen MR) is 61.5 cm³/mol. The van der Waals surface area contributed by atoms with E-state index in [1.807, 2.05) is 0 Å². The zero-order chi connectivity index (χ0) is 12.6. The minimum atomic E-state index is -1.28. The maximum Gasteiger partial charge on any atom is 0.341 e. The molecular formula is C10H8ClN3O3. The third-order valence-electron chi connectivity index (χ3n) is 2.32. The van der Waals surface area contributed by atoms with Gasteiger partial charge in [0.1, 0.15) is 10.7 Å². The zero-order valence-electron chi connectivity index (χ0n) is 8.82. The van der Waals surface area contributed by atoms with Gasteiger partial charge in [-0.1, -0.05) is 18.5 Å². The van der Waals surface area contributed by atoms with E-state index in [1.165, 1.54) is 6.20 Å². The summed E-state index contributed by atoms with van der Waals surface area (Å²) in [5, 5.41) is 9.13. The van der Waals surface area contributed by atoms with Crippen LogP contribution in [0.4, 0.5) is 0 Å². The van der Waals surface area contributed by atoms with E-state index in [4.69, 9.17) is 16.7 Å². The van der Waals surface area contributed by atoms with Gasteiger partial charge in [-0.25, -0.2) is 14.8 Å². The van der Waals surface area contributed by atoms with E-state index >= 15 is 0 Å². The molecule has 0 aliphatic rings. The van der Waals surface area contributed by atoms with Crippen molar-refractivity contribution in [1.82, 2.24) is 15.0 Å².